The SMILES string of the molecule is CN=C(NCc1ccc(C)cc1N(C)C)N1CCN(c2cnn(C)c2)C(=O)C1.I. The molecule has 1 fully saturated rings. The zero-order chi connectivity index (χ0) is 20.3. The fraction of sp³-hybridized carbons (Fsp3) is 0.450. The van der Waals surface area contributed by atoms with Crippen LogP contribution in [0.1, 0.15) is 11.1 Å². The molecule has 0 atom stereocenters. The van der Waals surface area contributed by atoms with Crippen LogP contribution in [0.25, 0.3) is 0 Å². The predicted octanol–water partition coefficient (Wildman–Crippen LogP) is 1.84. The van der Waals surface area contributed by atoms with Crippen LogP contribution < -0.4 is 15.1 Å². The van der Waals surface area contributed by atoms with E-state index in [2.05, 4.69) is 45.4 Å². The number of carbonyl (C=O) groups is 1. The van der Waals surface area contributed by atoms with E-state index < -0.39 is 0 Å². The molecule has 0 radical (unpaired) electrons. The van der Waals surface area contributed by atoms with Crippen molar-refractivity contribution in [1.29, 1.82) is 0 Å². The Morgan fingerprint density at radius 3 is 2.66 bits per heavy atom. The van der Waals surface area contributed by atoms with Gasteiger partial charge in [-0.3, -0.25) is 14.5 Å². The van der Waals surface area contributed by atoms with Crippen LogP contribution in [0, 0.1) is 6.92 Å². The van der Waals surface area contributed by atoms with E-state index in [1.165, 1.54) is 16.8 Å². The number of nitrogens with one attached hydrogen (secondary N) is 1. The molecule has 1 aromatic heterocycles. The Labute approximate surface area is 189 Å². The smallest absolute Gasteiger partial charge is 0.246 e. The summed E-state index contributed by atoms with van der Waals surface area (Å²) in [4.78, 5) is 22.9. The maximum Gasteiger partial charge on any atom is 0.246 e. The van der Waals surface area contributed by atoms with E-state index in [1.807, 2.05) is 32.2 Å². The Kier molecular flexibility index (Phi) is 7.88. The molecule has 1 saturated heterocycles. The van der Waals surface area contributed by atoms with Gasteiger partial charge in [0.1, 0.15) is 6.54 Å². The molecule has 0 spiro atoms. The van der Waals surface area contributed by atoms with E-state index in [0.29, 0.717) is 19.6 Å². The van der Waals surface area contributed by atoms with Gasteiger partial charge in [-0.1, -0.05) is 12.1 Å². The summed E-state index contributed by atoms with van der Waals surface area (Å²) in [5.74, 6) is 0.788. The van der Waals surface area contributed by atoms with Gasteiger partial charge in [0.15, 0.2) is 5.96 Å². The normalized spacial score (nSPS) is 14.7. The third-order valence-corrected chi connectivity index (χ3v) is 4.89. The average molecular weight is 511 g/mol. The number of aliphatic imine (C=N–C) groups is 1. The lowest BCUT2D eigenvalue weighted by molar-refractivity contribution is -0.120. The number of carbonyl (C=O) groups excluding carboxylic acids is 1. The first-order valence-corrected chi connectivity index (χ1v) is 9.40. The fourth-order valence-corrected chi connectivity index (χ4v) is 3.42. The van der Waals surface area contributed by atoms with Gasteiger partial charge in [-0.05, 0) is 24.1 Å². The van der Waals surface area contributed by atoms with E-state index in [9.17, 15) is 4.79 Å². The highest BCUT2D eigenvalue weighted by Crippen LogP contribution is 2.20. The molecule has 3 rings (SSSR count). The van der Waals surface area contributed by atoms with Gasteiger partial charge in [0.05, 0.1) is 11.9 Å². The predicted molar refractivity (Wildman–Crippen MR) is 128 cm³/mol. The highest BCUT2D eigenvalue weighted by molar-refractivity contribution is 14.0. The summed E-state index contributed by atoms with van der Waals surface area (Å²) in [6, 6.07) is 6.43. The van der Waals surface area contributed by atoms with Gasteiger partial charge < -0.3 is 20.0 Å². The van der Waals surface area contributed by atoms with Crippen molar-refractivity contribution in [3.8, 4) is 0 Å². The third-order valence-electron chi connectivity index (χ3n) is 4.89. The molecule has 1 aliphatic rings. The number of aryl methyl sites for hydroxylation is 2. The minimum Gasteiger partial charge on any atom is -0.377 e. The first-order chi connectivity index (χ1) is 13.4. The minimum absolute atomic E-state index is 0. The van der Waals surface area contributed by atoms with Gasteiger partial charge in [0, 0.05) is 59.7 Å². The number of halogens is 1. The lowest BCUT2D eigenvalue weighted by atomic mass is 10.1. The van der Waals surface area contributed by atoms with Gasteiger partial charge in [0.2, 0.25) is 5.91 Å². The molecule has 8 nitrogen and oxygen atoms in total. The van der Waals surface area contributed by atoms with Crippen LogP contribution in [0.5, 0.6) is 0 Å². The van der Waals surface area contributed by atoms with E-state index in [-0.39, 0.29) is 29.9 Å². The van der Waals surface area contributed by atoms with Crippen LogP contribution >= 0.6 is 24.0 Å². The van der Waals surface area contributed by atoms with Crippen LogP contribution in [-0.4, -0.2) is 67.3 Å². The van der Waals surface area contributed by atoms with Crippen molar-refractivity contribution in [2.45, 2.75) is 13.5 Å². The number of hydrogen-bond donors (Lipinski definition) is 1. The molecular weight excluding hydrogens is 481 g/mol. The second-order valence-electron chi connectivity index (χ2n) is 7.27. The number of piperazine rings is 1. The van der Waals surface area contributed by atoms with Crippen LogP contribution in [0.2, 0.25) is 0 Å². The quantitative estimate of drug-likeness (QED) is 0.386. The number of guanidine groups is 1. The summed E-state index contributed by atoms with van der Waals surface area (Å²) in [7, 11) is 7.69. The van der Waals surface area contributed by atoms with Gasteiger partial charge >= 0.3 is 0 Å². The lowest BCUT2D eigenvalue weighted by Crippen LogP contribution is -2.55. The summed E-state index contributed by atoms with van der Waals surface area (Å²) >= 11 is 0. The summed E-state index contributed by atoms with van der Waals surface area (Å²) in [5, 5.41) is 7.57. The van der Waals surface area contributed by atoms with Crippen molar-refractivity contribution in [3.63, 3.8) is 0 Å². The standard InChI is InChI=1S/C20H29N7O.HI/c1-15-6-7-16(18(10-15)24(3)4)11-22-20(21-2)26-8-9-27(19(28)14-26)17-12-23-25(5)13-17;/h6-7,10,12-13H,8-9,11,14H2,1-5H3,(H,21,22);1H. The molecule has 158 valence electrons. The summed E-state index contributed by atoms with van der Waals surface area (Å²) in [6.07, 6.45) is 3.58. The van der Waals surface area contributed by atoms with Crippen molar-refractivity contribution in [1.82, 2.24) is 20.0 Å². The van der Waals surface area contributed by atoms with E-state index in [0.717, 1.165) is 18.2 Å². The molecule has 0 saturated carbocycles. The third kappa shape index (κ3) is 5.40. The maximum absolute atomic E-state index is 12.6. The maximum atomic E-state index is 12.6. The first-order valence-electron chi connectivity index (χ1n) is 9.40. The molecule has 29 heavy (non-hydrogen) atoms. The number of anilines is 2. The second kappa shape index (κ2) is 9.95. The molecule has 2 heterocycles. The Hall–Kier alpha value is -2.30. The van der Waals surface area contributed by atoms with Crippen LogP contribution in [0.4, 0.5) is 11.4 Å². The van der Waals surface area contributed by atoms with Crippen molar-refractivity contribution >= 4 is 47.2 Å². The van der Waals surface area contributed by atoms with Crippen molar-refractivity contribution in [2.24, 2.45) is 12.0 Å². The number of amides is 1. The number of benzene rings is 1. The molecule has 9 heteroatoms. The fourth-order valence-electron chi connectivity index (χ4n) is 3.42. The molecular formula is C20H30IN7O. The second-order valence-corrected chi connectivity index (χ2v) is 7.27. The monoisotopic (exact) mass is 511 g/mol. The van der Waals surface area contributed by atoms with E-state index >= 15 is 0 Å². The first kappa shape index (κ1) is 23.0. The molecule has 1 aliphatic heterocycles. The zero-order valence-electron chi connectivity index (χ0n) is 17.7. The Balaban J connectivity index is 0.00000300. The Morgan fingerprint density at radius 1 is 1.31 bits per heavy atom. The summed E-state index contributed by atoms with van der Waals surface area (Å²) in [6.45, 7) is 4.37. The molecule has 0 unspecified atom stereocenters. The lowest BCUT2D eigenvalue weighted by Gasteiger charge is -2.35. The van der Waals surface area contributed by atoms with Gasteiger partial charge in [-0.15, -0.1) is 24.0 Å². The van der Waals surface area contributed by atoms with E-state index in [1.54, 1.807) is 22.8 Å². The zero-order valence-corrected chi connectivity index (χ0v) is 20.0. The van der Waals surface area contributed by atoms with Crippen LogP contribution in [-0.2, 0) is 18.4 Å². The molecule has 1 amide bonds. The van der Waals surface area contributed by atoms with E-state index in [4.69, 9.17) is 0 Å². The largest absolute Gasteiger partial charge is 0.377 e. The number of nitrogens with zero attached hydrogens (tertiary/aromatic N) is 6. The number of hydrogen-bond acceptors (Lipinski definition) is 4. The van der Waals surface area contributed by atoms with Crippen molar-refractivity contribution in [3.05, 3.63) is 41.7 Å². The highest BCUT2D eigenvalue weighted by atomic mass is 127. The molecule has 1 aromatic carbocycles. The molecule has 0 bridgehead atoms. The highest BCUT2D eigenvalue weighted by Gasteiger charge is 2.27. The topological polar surface area (TPSA) is 69.0 Å². The molecule has 2 aromatic rings. The Morgan fingerprint density at radius 2 is 2.07 bits per heavy atom. The van der Waals surface area contributed by atoms with Crippen LogP contribution in [0.3, 0.4) is 0 Å². The van der Waals surface area contributed by atoms with Crippen molar-refractivity contribution in [2.75, 3.05) is 50.6 Å². The average Bonchev–Trinajstić information content (AvgIpc) is 3.09. The van der Waals surface area contributed by atoms with Crippen LogP contribution in [0.15, 0.2) is 35.6 Å². The van der Waals surface area contributed by atoms with Gasteiger partial charge in [0.25, 0.3) is 0 Å². The van der Waals surface area contributed by atoms with Gasteiger partial charge in [-0.2, -0.15) is 5.10 Å². The number of rotatable bonds is 4. The number of aromatic nitrogens is 2. The van der Waals surface area contributed by atoms with Crippen molar-refractivity contribution < 1.29 is 4.79 Å². The summed E-state index contributed by atoms with van der Waals surface area (Å²) in [5.41, 5.74) is 4.44. The molecule has 0 aliphatic carbocycles. The van der Waals surface area contributed by atoms with Gasteiger partial charge in [-0.25, -0.2) is 0 Å². The minimum atomic E-state index is 0. The summed E-state index contributed by atoms with van der Waals surface area (Å²) < 4.78 is 1.71. The Bertz CT molecular complexity index is 877. The molecule has 1 N–H and O–H groups in total.